The molecule has 0 atom stereocenters. The second-order valence-electron chi connectivity index (χ2n) is 16.5. The number of esters is 10. The van der Waals surface area contributed by atoms with E-state index < -0.39 is 41.8 Å². The lowest BCUT2D eigenvalue weighted by Crippen LogP contribution is -2.14. The van der Waals surface area contributed by atoms with Crippen LogP contribution >= 0.6 is 0 Å². The minimum Gasteiger partial charge on any atom is -0.462 e. The SMILES string of the molecule is CC(=O)OCCOC(=O)c1ccccc1.CC(=O)OCCOC(=O)c1ccccc1.CC(=O)OCCOC(=O)c1ccccc1.O=C(OCCOC(=O)c1ccccc1)c1ccccc1.O=C(OCCOC(=O)c1ccccc1)c1ccccc1. The van der Waals surface area contributed by atoms with Crippen molar-refractivity contribution in [3.05, 3.63) is 251 Å². The van der Waals surface area contributed by atoms with Gasteiger partial charge in [0.05, 0.1) is 38.9 Å². The van der Waals surface area contributed by atoms with Crippen LogP contribution in [0.15, 0.2) is 212 Å². The largest absolute Gasteiger partial charge is 0.462 e. The zero-order valence-electron chi connectivity index (χ0n) is 46.9. The van der Waals surface area contributed by atoms with E-state index in [0.29, 0.717) is 38.9 Å². The molecule has 444 valence electrons. The van der Waals surface area contributed by atoms with Gasteiger partial charge in [-0.05, 0) is 84.9 Å². The Kier molecular flexibility index (Phi) is 34.0. The lowest BCUT2D eigenvalue weighted by atomic mass is 10.2. The van der Waals surface area contributed by atoms with Gasteiger partial charge in [0.25, 0.3) is 0 Å². The summed E-state index contributed by atoms with van der Waals surface area (Å²) in [6, 6.07) is 60.6. The molecule has 0 saturated carbocycles. The minimum atomic E-state index is -0.429. The van der Waals surface area contributed by atoms with Crippen LogP contribution in [0.2, 0.25) is 0 Å². The van der Waals surface area contributed by atoms with E-state index in [1.807, 2.05) is 42.5 Å². The van der Waals surface area contributed by atoms with Gasteiger partial charge in [-0.3, -0.25) is 14.4 Å². The van der Waals surface area contributed by atoms with Crippen molar-refractivity contribution in [2.45, 2.75) is 20.8 Å². The number of rotatable bonds is 22. The molecule has 7 aromatic rings. The molecular formula is C65H64O20. The van der Waals surface area contributed by atoms with Crippen LogP contribution in [0, 0.1) is 0 Å². The Morgan fingerprint density at radius 3 is 0.400 bits per heavy atom. The second kappa shape index (κ2) is 42.1. The minimum absolute atomic E-state index is 0.0340. The first-order valence-electron chi connectivity index (χ1n) is 26.1. The van der Waals surface area contributed by atoms with E-state index in [9.17, 15) is 47.9 Å². The van der Waals surface area contributed by atoms with Crippen molar-refractivity contribution in [3.63, 3.8) is 0 Å². The quantitative estimate of drug-likeness (QED) is 0.0347. The van der Waals surface area contributed by atoms with Gasteiger partial charge in [0.15, 0.2) is 0 Å². The molecule has 7 aromatic carbocycles. The number of benzene rings is 7. The molecule has 0 saturated heterocycles. The Hall–Kier alpha value is -10.8. The average molecular weight is 1170 g/mol. The van der Waals surface area contributed by atoms with Crippen LogP contribution in [0.4, 0.5) is 0 Å². The molecule has 20 heteroatoms. The third-order valence-corrected chi connectivity index (χ3v) is 10.0. The summed E-state index contributed by atoms with van der Waals surface area (Å²) in [5.41, 5.74) is 3.36. The molecule has 0 unspecified atom stereocenters. The van der Waals surface area contributed by atoms with Crippen molar-refractivity contribution in [1.29, 1.82) is 0 Å². The van der Waals surface area contributed by atoms with Crippen LogP contribution in [-0.2, 0) is 61.8 Å². The number of carbonyl (C=O) groups is 10. The highest BCUT2D eigenvalue weighted by Crippen LogP contribution is 2.07. The van der Waals surface area contributed by atoms with E-state index in [1.165, 1.54) is 20.8 Å². The predicted molar refractivity (Wildman–Crippen MR) is 307 cm³/mol. The van der Waals surface area contributed by atoms with Crippen LogP contribution in [0.3, 0.4) is 0 Å². The molecule has 0 aliphatic heterocycles. The number of hydrogen-bond acceptors (Lipinski definition) is 20. The van der Waals surface area contributed by atoms with Gasteiger partial charge in [0.2, 0.25) is 0 Å². The van der Waals surface area contributed by atoms with Crippen molar-refractivity contribution in [1.82, 2.24) is 0 Å². The summed E-state index contributed by atoms with van der Waals surface area (Å²) in [6.45, 7) is 4.55. The number of hydrogen-bond donors (Lipinski definition) is 0. The Labute approximate surface area is 491 Å². The topological polar surface area (TPSA) is 263 Å². The number of carbonyl (C=O) groups excluding carboxylic acids is 10. The van der Waals surface area contributed by atoms with Crippen molar-refractivity contribution < 1.29 is 95.3 Å². The van der Waals surface area contributed by atoms with E-state index in [2.05, 4.69) is 14.2 Å². The summed E-state index contributed by atoms with van der Waals surface area (Å²) in [4.78, 5) is 112. The van der Waals surface area contributed by atoms with Crippen LogP contribution in [0.25, 0.3) is 0 Å². The van der Waals surface area contributed by atoms with Gasteiger partial charge in [-0.1, -0.05) is 127 Å². The van der Waals surface area contributed by atoms with Gasteiger partial charge in [0, 0.05) is 20.8 Å². The fourth-order valence-corrected chi connectivity index (χ4v) is 6.10. The van der Waals surface area contributed by atoms with E-state index >= 15 is 0 Å². The van der Waals surface area contributed by atoms with Gasteiger partial charge in [0.1, 0.15) is 66.1 Å². The zero-order valence-corrected chi connectivity index (χ0v) is 46.9. The van der Waals surface area contributed by atoms with E-state index in [-0.39, 0.29) is 84.0 Å². The highest BCUT2D eigenvalue weighted by atomic mass is 16.6. The van der Waals surface area contributed by atoms with Crippen molar-refractivity contribution in [2.75, 3.05) is 66.1 Å². The highest BCUT2D eigenvalue weighted by Gasteiger charge is 2.12. The van der Waals surface area contributed by atoms with Crippen molar-refractivity contribution >= 4 is 59.7 Å². The first-order chi connectivity index (χ1) is 41.1. The van der Waals surface area contributed by atoms with Crippen molar-refractivity contribution in [2.24, 2.45) is 0 Å². The summed E-state index contributed by atoms with van der Waals surface area (Å²) < 4.78 is 48.4. The summed E-state index contributed by atoms with van der Waals surface area (Å²) in [5.74, 6) is -4.11. The Bertz CT molecular complexity index is 2710. The van der Waals surface area contributed by atoms with Gasteiger partial charge in [-0.25, -0.2) is 33.6 Å². The van der Waals surface area contributed by atoms with Crippen LogP contribution in [0.1, 0.15) is 93.3 Å². The Morgan fingerprint density at radius 1 is 0.188 bits per heavy atom. The predicted octanol–water partition coefficient (Wildman–Crippen LogP) is 9.62. The fraction of sp³-hybridized carbons (Fsp3) is 0.200. The summed E-state index contributed by atoms with van der Waals surface area (Å²) in [6.07, 6.45) is 0. The van der Waals surface area contributed by atoms with Crippen LogP contribution < -0.4 is 0 Å². The maximum absolute atomic E-state index is 11.6. The molecule has 0 heterocycles. The molecule has 0 aliphatic rings. The smallest absolute Gasteiger partial charge is 0.338 e. The maximum atomic E-state index is 11.6. The van der Waals surface area contributed by atoms with Gasteiger partial charge >= 0.3 is 59.7 Å². The maximum Gasteiger partial charge on any atom is 0.338 e. The highest BCUT2D eigenvalue weighted by molar-refractivity contribution is 5.92. The molecule has 0 spiro atoms. The normalized spacial score (nSPS) is 9.59. The first-order valence-corrected chi connectivity index (χ1v) is 26.1. The molecule has 0 bridgehead atoms. The lowest BCUT2D eigenvalue weighted by Gasteiger charge is -2.06. The summed E-state index contributed by atoms with van der Waals surface area (Å²) in [7, 11) is 0. The van der Waals surface area contributed by atoms with Gasteiger partial charge in [-0.2, -0.15) is 0 Å². The third-order valence-electron chi connectivity index (χ3n) is 10.0. The molecule has 7 rings (SSSR count). The fourth-order valence-electron chi connectivity index (χ4n) is 6.10. The molecule has 0 aliphatic carbocycles. The van der Waals surface area contributed by atoms with E-state index in [0.717, 1.165) is 0 Å². The average Bonchev–Trinajstić information content (AvgIpc) is 3.55. The molecular weight excluding hydrogens is 1100 g/mol. The van der Waals surface area contributed by atoms with E-state index in [1.54, 1.807) is 170 Å². The summed E-state index contributed by atoms with van der Waals surface area (Å²) in [5, 5.41) is 0. The molecule has 0 radical (unpaired) electrons. The molecule has 20 nitrogen and oxygen atoms in total. The van der Waals surface area contributed by atoms with Gasteiger partial charge in [-0.15, -0.1) is 0 Å². The van der Waals surface area contributed by atoms with Crippen LogP contribution in [0.5, 0.6) is 0 Å². The monoisotopic (exact) mass is 1160 g/mol. The van der Waals surface area contributed by atoms with Crippen molar-refractivity contribution in [3.8, 4) is 0 Å². The molecule has 85 heavy (non-hydrogen) atoms. The van der Waals surface area contributed by atoms with E-state index in [4.69, 9.17) is 33.2 Å². The third kappa shape index (κ3) is 31.7. The Balaban J connectivity index is 0.000000280. The lowest BCUT2D eigenvalue weighted by molar-refractivity contribution is -0.142. The second-order valence-corrected chi connectivity index (χ2v) is 16.5. The van der Waals surface area contributed by atoms with Gasteiger partial charge < -0.3 is 47.4 Å². The zero-order chi connectivity index (χ0) is 61.7. The number of ether oxygens (including phenoxy) is 10. The first kappa shape index (κ1) is 68.5. The summed E-state index contributed by atoms with van der Waals surface area (Å²) >= 11 is 0. The Morgan fingerprint density at radius 2 is 0.294 bits per heavy atom. The molecule has 0 aromatic heterocycles. The molecule has 0 fully saturated rings. The van der Waals surface area contributed by atoms with Crippen LogP contribution in [-0.4, -0.2) is 126 Å². The molecule has 0 N–H and O–H groups in total. The standard InChI is InChI=1S/2C16H14O4.3C11H12O4/c2*17-15(13-7-3-1-4-8-13)19-11-12-20-16(18)14-9-5-2-6-10-14;3*1-9(12)14-7-8-15-11(13)10-5-3-2-4-6-10/h2*1-10H,11-12H2;3*2-6H,7-8H2,1H3. The molecule has 0 amide bonds.